The maximum atomic E-state index is 12.5. The standard InChI is InChI=1S/C13H16F3NO2/c1-8(18)11-5-4-10(6-12(11)19)17(9-2-3-9)7-13(14,15)16/h4-6,8-9,18-19H,2-3,7H2,1H3. The van der Waals surface area contributed by atoms with Gasteiger partial charge in [0, 0.05) is 23.4 Å². The molecule has 3 nitrogen and oxygen atoms in total. The Hall–Kier alpha value is -1.43. The Morgan fingerprint density at radius 3 is 2.42 bits per heavy atom. The molecule has 1 aromatic carbocycles. The third kappa shape index (κ3) is 3.53. The summed E-state index contributed by atoms with van der Waals surface area (Å²) in [6, 6.07) is 4.14. The summed E-state index contributed by atoms with van der Waals surface area (Å²) >= 11 is 0. The number of halogens is 3. The summed E-state index contributed by atoms with van der Waals surface area (Å²) in [7, 11) is 0. The van der Waals surface area contributed by atoms with E-state index >= 15 is 0 Å². The minimum atomic E-state index is -4.28. The van der Waals surface area contributed by atoms with E-state index in [0.29, 0.717) is 11.3 Å². The number of anilines is 1. The largest absolute Gasteiger partial charge is 0.507 e. The van der Waals surface area contributed by atoms with E-state index in [1.807, 2.05) is 0 Å². The molecule has 0 aliphatic heterocycles. The summed E-state index contributed by atoms with van der Waals surface area (Å²) in [5.74, 6) is -0.180. The summed E-state index contributed by atoms with van der Waals surface area (Å²) < 4.78 is 37.6. The lowest BCUT2D eigenvalue weighted by Gasteiger charge is -2.26. The molecule has 2 rings (SSSR count). The highest BCUT2D eigenvalue weighted by atomic mass is 19.4. The molecule has 0 amide bonds. The SMILES string of the molecule is CC(O)c1ccc(N(CC(F)(F)F)C2CC2)cc1O. The predicted octanol–water partition coefficient (Wildman–Crippen LogP) is 2.98. The number of phenols is 1. The third-order valence-electron chi connectivity index (χ3n) is 3.13. The highest BCUT2D eigenvalue weighted by molar-refractivity contribution is 5.55. The van der Waals surface area contributed by atoms with Gasteiger partial charge in [0.05, 0.1) is 6.10 Å². The summed E-state index contributed by atoms with van der Waals surface area (Å²) in [6.07, 6.45) is -3.67. The van der Waals surface area contributed by atoms with Gasteiger partial charge in [0.25, 0.3) is 0 Å². The molecule has 6 heteroatoms. The zero-order valence-corrected chi connectivity index (χ0v) is 10.5. The maximum Gasteiger partial charge on any atom is 0.405 e. The van der Waals surface area contributed by atoms with Crippen LogP contribution in [0.1, 0.15) is 31.4 Å². The van der Waals surface area contributed by atoms with Crippen molar-refractivity contribution in [3.05, 3.63) is 23.8 Å². The monoisotopic (exact) mass is 275 g/mol. The topological polar surface area (TPSA) is 43.7 Å². The highest BCUT2D eigenvalue weighted by Crippen LogP contribution is 2.37. The lowest BCUT2D eigenvalue weighted by Crippen LogP contribution is -2.35. The van der Waals surface area contributed by atoms with Crippen LogP contribution in [0.15, 0.2) is 18.2 Å². The van der Waals surface area contributed by atoms with Gasteiger partial charge in [-0.05, 0) is 25.8 Å². The van der Waals surface area contributed by atoms with Crippen LogP contribution in [0.5, 0.6) is 5.75 Å². The smallest absolute Gasteiger partial charge is 0.405 e. The fourth-order valence-electron chi connectivity index (χ4n) is 2.07. The second-order valence-corrected chi connectivity index (χ2v) is 4.89. The van der Waals surface area contributed by atoms with Crippen molar-refractivity contribution in [3.8, 4) is 5.75 Å². The summed E-state index contributed by atoms with van der Waals surface area (Å²) in [5.41, 5.74) is 0.647. The van der Waals surface area contributed by atoms with Crippen LogP contribution in [0.3, 0.4) is 0 Å². The quantitative estimate of drug-likeness (QED) is 0.887. The lowest BCUT2D eigenvalue weighted by molar-refractivity contribution is -0.120. The molecule has 0 spiro atoms. The molecule has 1 aliphatic carbocycles. The number of nitrogens with zero attached hydrogens (tertiary/aromatic N) is 1. The number of hydrogen-bond donors (Lipinski definition) is 2. The molecule has 1 atom stereocenters. The predicted molar refractivity (Wildman–Crippen MR) is 65.2 cm³/mol. The molecule has 0 saturated heterocycles. The van der Waals surface area contributed by atoms with Gasteiger partial charge in [-0.2, -0.15) is 13.2 Å². The third-order valence-corrected chi connectivity index (χ3v) is 3.13. The van der Waals surface area contributed by atoms with E-state index in [1.54, 1.807) is 0 Å². The van der Waals surface area contributed by atoms with E-state index in [2.05, 4.69) is 0 Å². The van der Waals surface area contributed by atoms with Crippen molar-refractivity contribution < 1.29 is 23.4 Å². The van der Waals surface area contributed by atoms with E-state index in [4.69, 9.17) is 0 Å². The van der Waals surface area contributed by atoms with Gasteiger partial charge < -0.3 is 15.1 Å². The molecule has 1 unspecified atom stereocenters. The molecule has 0 heterocycles. The van der Waals surface area contributed by atoms with E-state index < -0.39 is 18.8 Å². The molecule has 2 N–H and O–H groups in total. The minimum absolute atomic E-state index is 0.113. The van der Waals surface area contributed by atoms with Crippen LogP contribution in [0.25, 0.3) is 0 Å². The van der Waals surface area contributed by atoms with Crippen LogP contribution in [0.2, 0.25) is 0 Å². The normalized spacial score (nSPS) is 17.3. The number of hydrogen-bond acceptors (Lipinski definition) is 3. The van der Waals surface area contributed by atoms with Gasteiger partial charge in [-0.3, -0.25) is 0 Å². The Morgan fingerprint density at radius 2 is 2.00 bits per heavy atom. The number of benzene rings is 1. The molecule has 1 aromatic rings. The van der Waals surface area contributed by atoms with Crippen molar-refractivity contribution in [2.24, 2.45) is 0 Å². The van der Waals surface area contributed by atoms with E-state index in [0.717, 1.165) is 12.8 Å². The van der Waals surface area contributed by atoms with Gasteiger partial charge >= 0.3 is 6.18 Å². The summed E-state index contributed by atoms with van der Waals surface area (Å²) in [4.78, 5) is 1.26. The Labute approximate surface area is 109 Å². The molecule has 1 saturated carbocycles. The number of phenolic OH excluding ortho intramolecular Hbond substituents is 1. The first kappa shape index (κ1) is 14.0. The highest BCUT2D eigenvalue weighted by Gasteiger charge is 2.38. The Morgan fingerprint density at radius 1 is 1.37 bits per heavy atom. The fourth-order valence-corrected chi connectivity index (χ4v) is 2.07. The molecule has 1 aliphatic rings. The number of alkyl halides is 3. The van der Waals surface area contributed by atoms with Crippen LogP contribution >= 0.6 is 0 Å². The van der Waals surface area contributed by atoms with Crippen molar-refractivity contribution in [1.82, 2.24) is 0 Å². The van der Waals surface area contributed by atoms with Crippen molar-refractivity contribution >= 4 is 5.69 Å². The van der Waals surface area contributed by atoms with Crippen LogP contribution < -0.4 is 4.90 Å². The van der Waals surface area contributed by atoms with E-state index in [1.165, 1.54) is 30.0 Å². The first-order valence-corrected chi connectivity index (χ1v) is 6.12. The van der Waals surface area contributed by atoms with E-state index in [-0.39, 0.29) is 11.8 Å². The van der Waals surface area contributed by atoms with E-state index in [9.17, 15) is 23.4 Å². The zero-order valence-electron chi connectivity index (χ0n) is 10.5. The Bertz CT molecular complexity index is 456. The molecule has 106 valence electrons. The number of rotatable bonds is 4. The van der Waals surface area contributed by atoms with Crippen molar-refractivity contribution in [1.29, 1.82) is 0 Å². The van der Waals surface area contributed by atoms with Gasteiger partial charge in [-0.25, -0.2) is 0 Å². The number of aliphatic hydroxyl groups excluding tert-OH is 1. The minimum Gasteiger partial charge on any atom is -0.507 e. The maximum absolute atomic E-state index is 12.5. The molecular weight excluding hydrogens is 259 g/mol. The van der Waals surface area contributed by atoms with Gasteiger partial charge in [0.15, 0.2) is 0 Å². The first-order chi connectivity index (χ1) is 8.78. The van der Waals surface area contributed by atoms with Crippen molar-refractivity contribution in [2.75, 3.05) is 11.4 Å². The van der Waals surface area contributed by atoms with Crippen LogP contribution in [0.4, 0.5) is 18.9 Å². The van der Waals surface area contributed by atoms with Crippen LogP contribution in [-0.4, -0.2) is 29.0 Å². The number of aromatic hydroxyl groups is 1. The molecular formula is C13H16F3NO2. The Balaban J connectivity index is 2.25. The average molecular weight is 275 g/mol. The van der Waals surface area contributed by atoms with Gasteiger partial charge in [-0.15, -0.1) is 0 Å². The second kappa shape index (κ2) is 4.92. The molecule has 19 heavy (non-hydrogen) atoms. The molecule has 0 bridgehead atoms. The molecule has 0 radical (unpaired) electrons. The summed E-state index contributed by atoms with van der Waals surface area (Å²) in [5, 5.41) is 19.1. The van der Waals surface area contributed by atoms with Gasteiger partial charge in [0.2, 0.25) is 0 Å². The zero-order chi connectivity index (χ0) is 14.2. The van der Waals surface area contributed by atoms with Crippen LogP contribution in [0, 0.1) is 0 Å². The molecule has 1 fully saturated rings. The average Bonchev–Trinajstić information content (AvgIpc) is 3.07. The second-order valence-electron chi connectivity index (χ2n) is 4.89. The first-order valence-electron chi connectivity index (χ1n) is 6.12. The van der Waals surface area contributed by atoms with Crippen molar-refractivity contribution in [3.63, 3.8) is 0 Å². The van der Waals surface area contributed by atoms with Gasteiger partial charge in [-0.1, -0.05) is 6.07 Å². The molecule has 0 aromatic heterocycles. The fraction of sp³-hybridized carbons (Fsp3) is 0.538. The summed E-state index contributed by atoms with van der Waals surface area (Å²) in [6.45, 7) is 0.466. The van der Waals surface area contributed by atoms with Crippen molar-refractivity contribution in [2.45, 2.75) is 38.1 Å². The number of aliphatic hydroxyl groups is 1. The Kier molecular flexibility index (Phi) is 3.62. The lowest BCUT2D eigenvalue weighted by atomic mass is 10.1. The van der Waals surface area contributed by atoms with Crippen LogP contribution in [-0.2, 0) is 0 Å². The van der Waals surface area contributed by atoms with Gasteiger partial charge in [0.1, 0.15) is 12.3 Å².